The van der Waals surface area contributed by atoms with Crippen molar-refractivity contribution < 1.29 is 9.53 Å². The highest BCUT2D eigenvalue weighted by Crippen LogP contribution is 2.28. The van der Waals surface area contributed by atoms with Crippen molar-refractivity contribution >= 4 is 5.91 Å². The monoisotopic (exact) mass is 276 g/mol. The second-order valence-corrected chi connectivity index (χ2v) is 5.46. The first kappa shape index (κ1) is 15.0. The molecule has 0 saturated carbocycles. The number of nitrogens with one attached hydrogen (secondary N) is 1. The van der Waals surface area contributed by atoms with Gasteiger partial charge in [0.1, 0.15) is 6.17 Å². The van der Waals surface area contributed by atoms with Crippen molar-refractivity contribution in [1.29, 1.82) is 0 Å². The quantitative estimate of drug-likeness (QED) is 0.896. The molecule has 1 aromatic rings. The maximum absolute atomic E-state index is 12.4. The summed E-state index contributed by atoms with van der Waals surface area (Å²) in [5.74, 6) is 0.152. The molecule has 1 fully saturated rings. The number of amides is 1. The van der Waals surface area contributed by atoms with E-state index in [2.05, 4.69) is 43.4 Å². The molecule has 1 aliphatic rings. The van der Waals surface area contributed by atoms with Crippen molar-refractivity contribution in [2.45, 2.75) is 45.4 Å². The predicted molar refractivity (Wildman–Crippen MR) is 79.3 cm³/mol. The SMILES string of the molecule is CCC(COC)N1C(=O)C(C)NC1c1ccc(C)cc1. The van der Waals surface area contributed by atoms with E-state index in [1.807, 2.05) is 11.8 Å². The number of carbonyl (C=O) groups is 1. The normalized spacial score (nSPS) is 24.2. The lowest BCUT2D eigenvalue weighted by Gasteiger charge is -2.32. The molecule has 1 amide bonds. The molecule has 1 aliphatic heterocycles. The average molecular weight is 276 g/mol. The van der Waals surface area contributed by atoms with Gasteiger partial charge in [-0.05, 0) is 25.8 Å². The fourth-order valence-electron chi connectivity index (χ4n) is 2.72. The summed E-state index contributed by atoms with van der Waals surface area (Å²) < 4.78 is 5.27. The number of aryl methyl sites for hydroxylation is 1. The zero-order valence-corrected chi connectivity index (χ0v) is 12.7. The van der Waals surface area contributed by atoms with E-state index in [0.717, 1.165) is 12.0 Å². The maximum atomic E-state index is 12.4. The van der Waals surface area contributed by atoms with Crippen molar-refractivity contribution in [1.82, 2.24) is 10.2 Å². The molecule has 0 spiro atoms. The number of hydrogen-bond acceptors (Lipinski definition) is 3. The number of ether oxygens (including phenoxy) is 1. The fraction of sp³-hybridized carbons (Fsp3) is 0.562. The van der Waals surface area contributed by atoms with Crippen molar-refractivity contribution in [3.8, 4) is 0 Å². The van der Waals surface area contributed by atoms with Gasteiger partial charge in [0.2, 0.25) is 5.91 Å². The summed E-state index contributed by atoms with van der Waals surface area (Å²) in [5, 5.41) is 3.38. The van der Waals surface area contributed by atoms with Gasteiger partial charge in [-0.25, -0.2) is 0 Å². The third-order valence-corrected chi connectivity index (χ3v) is 3.93. The summed E-state index contributed by atoms with van der Waals surface area (Å²) in [6, 6.07) is 8.30. The van der Waals surface area contributed by atoms with Crippen LogP contribution in [0.15, 0.2) is 24.3 Å². The van der Waals surface area contributed by atoms with Gasteiger partial charge in [0.05, 0.1) is 18.7 Å². The Morgan fingerprint density at radius 3 is 2.55 bits per heavy atom. The highest BCUT2D eigenvalue weighted by molar-refractivity contribution is 5.84. The zero-order valence-electron chi connectivity index (χ0n) is 12.7. The molecule has 0 bridgehead atoms. The third-order valence-electron chi connectivity index (χ3n) is 3.93. The van der Waals surface area contributed by atoms with Gasteiger partial charge < -0.3 is 9.64 Å². The number of rotatable bonds is 5. The van der Waals surface area contributed by atoms with Crippen LogP contribution < -0.4 is 5.32 Å². The number of carbonyl (C=O) groups excluding carboxylic acids is 1. The van der Waals surface area contributed by atoms with Gasteiger partial charge in [-0.2, -0.15) is 0 Å². The van der Waals surface area contributed by atoms with Crippen LogP contribution in [-0.4, -0.2) is 36.6 Å². The van der Waals surface area contributed by atoms with Gasteiger partial charge in [-0.1, -0.05) is 36.8 Å². The Hall–Kier alpha value is -1.39. The second kappa shape index (κ2) is 6.37. The Balaban J connectivity index is 2.29. The molecule has 1 N–H and O–H groups in total. The average Bonchev–Trinajstić information content (AvgIpc) is 2.73. The highest BCUT2D eigenvalue weighted by Gasteiger charge is 2.40. The number of methoxy groups -OCH3 is 1. The lowest BCUT2D eigenvalue weighted by molar-refractivity contribution is -0.133. The van der Waals surface area contributed by atoms with Crippen molar-refractivity contribution in [3.63, 3.8) is 0 Å². The van der Waals surface area contributed by atoms with E-state index in [9.17, 15) is 4.79 Å². The summed E-state index contributed by atoms with van der Waals surface area (Å²) >= 11 is 0. The first-order chi connectivity index (χ1) is 9.58. The van der Waals surface area contributed by atoms with Crippen molar-refractivity contribution in [2.75, 3.05) is 13.7 Å². The lowest BCUT2D eigenvalue weighted by Crippen LogP contribution is -2.42. The van der Waals surface area contributed by atoms with Gasteiger partial charge >= 0.3 is 0 Å². The van der Waals surface area contributed by atoms with E-state index >= 15 is 0 Å². The molecule has 1 saturated heterocycles. The Morgan fingerprint density at radius 1 is 1.35 bits per heavy atom. The molecule has 110 valence electrons. The minimum atomic E-state index is -0.146. The van der Waals surface area contributed by atoms with Gasteiger partial charge in [0.15, 0.2) is 0 Å². The fourth-order valence-corrected chi connectivity index (χ4v) is 2.72. The van der Waals surface area contributed by atoms with Gasteiger partial charge in [0.25, 0.3) is 0 Å². The van der Waals surface area contributed by atoms with E-state index in [0.29, 0.717) is 6.61 Å². The summed E-state index contributed by atoms with van der Waals surface area (Å²) in [6.45, 7) is 6.64. The van der Waals surface area contributed by atoms with E-state index < -0.39 is 0 Å². The standard InChI is InChI=1S/C16H24N2O2/c1-5-14(10-20-4)18-15(17-12(3)16(18)19)13-8-6-11(2)7-9-13/h6-9,12,14-15,17H,5,10H2,1-4H3. The maximum Gasteiger partial charge on any atom is 0.241 e. The van der Waals surface area contributed by atoms with E-state index in [1.165, 1.54) is 5.56 Å². The van der Waals surface area contributed by atoms with Crippen LogP contribution in [0.3, 0.4) is 0 Å². The molecule has 0 radical (unpaired) electrons. The molecule has 0 aliphatic carbocycles. The lowest BCUT2D eigenvalue weighted by atomic mass is 10.1. The molecule has 3 atom stereocenters. The molecule has 1 heterocycles. The molecule has 0 aromatic heterocycles. The Morgan fingerprint density at radius 2 is 2.00 bits per heavy atom. The molecule has 20 heavy (non-hydrogen) atoms. The van der Waals surface area contributed by atoms with E-state index in [4.69, 9.17) is 4.74 Å². The number of benzene rings is 1. The van der Waals surface area contributed by atoms with E-state index in [-0.39, 0.29) is 24.2 Å². The Kier molecular flexibility index (Phi) is 4.78. The third kappa shape index (κ3) is 2.86. The molecule has 4 nitrogen and oxygen atoms in total. The smallest absolute Gasteiger partial charge is 0.241 e. The van der Waals surface area contributed by atoms with Crippen LogP contribution in [0, 0.1) is 6.92 Å². The Bertz CT molecular complexity index is 458. The van der Waals surface area contributed by atoms with Crippen LogP contribution in [0.1, 0.15) is 37.6 Å². The second-order valence-electron chi connectivity index (χ2n) is 5.46. The molecule has 4 heteroatoms. The predicted octanol–water partition coefficient (Wildman–Crippen LogP) is 2.24. The van der Waals surface area contributed by atoms with Crippen LogP contribution in [0.2, 0.25) is 0 Å². The summed E-state index contributed by atoms with van der Waals surface area (Å²) in [6.07, 6.45) is 0.828. The molecular formula is C16H24N2O2. The van der Waals surface area contributed by atoms with Gasteiger partial charge in [-0.15, -0.1) is 0 Å². The van der Waals surface area contributed by atoms with Gasteiger partial charge in [0, 0.05) is 7.11 Å². The topological polar surface area (TPSA) is 41.6 Å². The first-order valence-electron chi connectivity index (χ1n) is 7.22. The van der Waals surface area contributed by atoms with Crippen LogP contribution in [-0.2, 0) is 9.53 Å². The highest BCUT2D eigenvalue weighted by atomic mass is 16.5. The van der Waals surface area contributed by atoms with Crippen LogP contribution >= 0.6 is 0 Å². The van der Waals surface area contributed by atoms with Gasteiger partial charge in [-0.3, -0.25) is 10.1 Å². The van der Waals surface area contributed by atoms with Crippen molar-refractivity contribution in [3.05, 3.63) is 35.4 Å². The zero-order chi connectivity index (χ0) is 14.7. The number of hydrogen-bond donors (Lipinski definition) is 1. The van der Waals surface area contributed by atoms with Crippen molar-refractivity contribution in [2.24, 2.45) is 0 Å². The molecular weight excluding hydrogens is 252 g/mol. The first-order valence-corrected chi connectivity index (χ1v) is 7.22. The number of nitrogens with zero attached hydrogens (tertiary/aromatic N) is 1. The molecule has 2 rings (SSSR count). The molecule has 1 aromatic carbocycles. The minimum Gasteiger partial charge on any atom is -0.383 e. The minimum absolute atomic E-state index is 0.0572. The van der Waals surface area contributed by atoms with E-state index in [1.54, 1.807) is 7.11 Å². The summed E-state index contributed by atoms with van der Waals surface area (Å²) in [5.41, 5.74) is 2.35. The van der Waals surface area contributed by atoms with Crippen LogP contribution in [0.4, 0.5) is 0 Å². The Labute approximate surface area is 121 Å². The van der Waals surface area contributed by atoms with Crippen LogP contribution in [0.25, 0.3) is 0 Å². The van der Waals surface area contributed by atoms with Crippen LogP contribution in [0.5, 0.6) is 0 Å². The molecule has 3 unspecified atom stereocenters. The summed E-state index contributed by atoms with van der Waals surface area (Å²) in [4.78, 5) is 14.4. The largest absolute Gasteiger partial charge is 0.383 e. The summed E-state index contributed by atoms with van der Waals surface area (Å²) in [7, 11) is 1.68.